The third-order valence-corrected chi connectivity index (χ3v) is 8.28. The Hall–Kier alpha value is -2.61. The number of ether oxygens (including phenoxy) is 1. The van der Waals surface area contributed by atoms with Crippen molar-refractivity contribution >= 4 is 23.7 Å². The number of anilines is 1. The lowest BCUT2D eigenvalue weighted by molar-refractivity contribution is 0.122. The van der Waals surface area contributed by atoms with Crippen molar-refractivity contribution in [1.29, 1.82) is 0 Å². The molecule has 6 rings (SSSR count). The van der Waals surface area contributed by atoms with Crippen LogP contribution in [0.4, 0.5) is 10.1 Å². The van der Waals surface area contributed by atoms with E-state index < -0.39 is 0 Å². The molecule has 5 nitrogen and oxygen atoms in total. The van der Waals surface area contributed by atoms with E-state index in [9.17, 15) is 4.39 Å². The Kier molecular flexibility index (Phi) is 5.71. The smallest absolute Gasteiger partial charge is 0.123 e. The minimum Gasteiger partial charge on any atom is -0.378 e. The molecule has 1 atom stereocenters. The second-order valence-electron chi connectivity index (χ2n) is 9.65. The summed E-state index contributed by atoms with van der Waals surface area (Å²) >= 11 is 1.87. The fourth-order valence-corrected chi connectivity index (χ4v) is 6.44. The van der Waals surface area contributed by atoms with Crippen LogP contribution < -0.4 is 4.90 Å². The molecule has 2 fully saturated rings. The van der Waals surface area contributed by atoms with Gasteiger partial charge in [-0.1, -0.05) is 12.5 Å². The van der Waals surface area contributed by atoms with E-state index in [1.54, 1.807) is 12.1 Å². The van der Waals surface area contributed by atoms with Crippen LogP contribution in [0.15, 0.2) is 65.2 Å². The molecular formula is C27H29FN4OS. The van der Waals surface area contributed by atoms with Gasteiger partial charge >= 0.3 is 0 Å². The van der Waals surface area contributed by atoms with Gasteiger partial charge in [0.1, 0.15) is 5.82 Å². The van der Waals surface area contributed by atoms with E-state index in [2.05, 4.69) is 51.6 Å². The molecule has 2 aromatic carbocycles. The van der Waals surface area contributed by atoms with Crippen molar-refractivity contribution in [3.05, 3.63) is 77.4 Å². The zero-order valence-corrected chi connectivity index (χ0v) is 20.2. The highest BCUT2D eigenvalue weighted by Gasteiger charge is 2.39. The number of hydrogen-bond donors (Lipinski definition) is 0. The maximum atomic E-state index is 13.4. The van der Waals surface area contributed by atoms with Gasteiger partial charge in [0.15, 0.2) is 0 Å². The molecule has 1 aromatic heterocycles. The lowest BCUT2D eigenvalue weighted by Crippen LogP contribution is -2.42. The second-order valence-corrected chi connectivity index (χ2v) is 10.8. The molecule has 1 unspecified atom stereocenters. The highest BCUT2D eigenvalue weighted by Crippen LogP contribution is 2.45. The molecule has 3 aromatic rings. The summed E-state index contributed by atoms with van der Waals surface area (Å²) in [4.78, 5) is 3.68. The van der Waals surface area contributed by atoms with E-state index in [1.807, 2.05) is 22.8 Å². The SMILES string of the molecule is CC12Cc3cnn(-c4ccc(F)cc4)c3C=C1CCN(Sc1ccc(N3CCOCC3)cc1)C2. The molecule has 7 heteroatoms. The van der Waals surface area contributed by atoms with Crippen molar-refractivity contribution < 1.29 is 9.13 Å². The number of benzene rings is 2. The molecule has 0 bridgehead atoms. The summed E-state index contributed by atoms with van der Waals surface area (Å²) in [6.45, 7) is 7.96. The van der Waals surface area contributed by atoms with Crippen molar-refractivity contribution in [2.75, 3.05) is 44.3 Å². The van der Waals surface area contributed by atoms with Crippen LogP contribution in [-0.2, 0) is 11.2 Å². The quantitative estimate of drug-likeness (QED) is 0.483. The van der Waals surface area contributed by atoms with Gasteiger partial charge in [-0.2, -0.15) is 5.10 Å². The van der Waals surface area contributed by atoms with Gasteiger partial charge in [-0.15, -0.1) is 0 Å². The van der Waals surface area contributed by atoms with Crippen molar-refractivity contribution in [2.45, 2.75) is 24.7 Å². The van der Waals surface area contributed by atoms with E-state index in [0.29, 0.717) is 0 Å². The minimum absolute atomic E-state index is 0.0999. The van der Waals surface area contributed by atoms with Crippen LogP contribution in [0.5, 0.6) is 0 Å². The van der Waals surface area contributed by atoms with Crippen LogP contribution >= 0.6 is 11.9 Å². The Morgan fingerprint density at radius 3 is 2.47 bits per heavy atom. The first-order valence-corrected chi connectivity index (χ1v) is 12.7. The van der Waals surface area contributed by atoms with Crippen LogP contribution in [0, 0.1) is 11.2 Å². The van der Waals surface area contributed by atoms with Crippen LogP contribution in [0.2, 0.25) is 0 Å². The van der Waals surface area contributed by atoms with Crippen molar-refractivity contribution in [2.24, 2.45) is 5.41 Å². The topological polar surface area (TPSA) is 33.5 Å². The molecule has 1 aliphatic carbocycles. The molecule has 2 saturated heterocycles. The molecule has 0 amide bonds. The summed E-state index contributed by atoms with van der Waals surface area (Å²) in [5.41, 5.74) is 6.17. The number of rotatable bonds is 4. The summed E-state index contributed by atoms with van der Waals surface area (Å²) in [5, 5.41) is 4.64. The normalized spacial score (nSPS) is 22.8. The van der Waals surface area contributed by atoms with Crippen LogP contribution in [0.25, 0.3) is 11.8 Å². The predicted octanol–water partition coefficient (Wildman–Crippen LogP) is 5.21. The molecule has 2 aliphatic heterocycles. The molecule has 0 N–H and O–H groups in total. The molecule has 0 saturated carbocycles. The third-order valence-electron chi connectivity index (χ3n) is 7.23. The standard InChI is InChI=1S/C27H29FN4OS/c1-27-17-20-18-29-32(24-4-2-22(28)3-5-24)26(20)16-21(27)10-11-31(19-27)34-25-8-6-23(7-9-25)30-12-14-33-15-13-30/h2-9,16,18H,10-15,17,19H2,1H3. The average Bonchev–Trinajstić information content (AvgIpc) is 3.25. The molecule has 0 radical (unpaired) electrons. The van der Waals surface area contributed by atoms with Gasteiger partial charge in [-0.25, -0.2) is 13.4 Å². The van der Waals surface area contributed by atoms with Gasteiger partial charge in [-0.3, -0.25) is 0 Å². The second kappa shape index (κ2) is 8.87. The molecule has 0 spiro atoms. The molecular weight excluding hydrogens is 447 g/mol. The Morgan fingerprint density at radius 2 is 1.71 bits per heavy atom. The minimum atomic E-state index is -0.226. The number of halogens is 1. The van der Waals surface area contributed by atoms with Crippen LogP contribution in [-0.4, -0.2) is 53.5 Å². The highest BCUT2D eigenvalue weighted by atomic mass is 32.2. The summed E-state index contributed by atoms with van der Waals surface area (Å²) in [7, 11) is 0. The first-order chi connectivity index (χ1) is 16.6. The molecule has 34 heavy (non-hydrogen) atoms. The average molecular weight is 477 g/mol. The number of morpholine rings is 1. The van der Waals surface area contributed by atoms with Gasteiger partial charge in [-0.05, 0) is 85.0 Å². The zero-order chi connectivity index (χ0) is 23.1. The van der Waals surface area contributed by atoms with E-state index in [-0.39, 0.29) is 11.2 Å². The largest absolute Gasteiger partial charge is 0.378 e. The fourth-order valence-electron chi connectivity index (χ4n) is 5.35. The third kappa shape index (κ3) is 4.17. The number of nitrogens with zero attached hydrogens (tertiary/aromatic N) is 4. The van der Waals surface area contributed by atoms with E-state index >= 15 is 0 Å². The number of fused-ring (bicyclic) bond motifs is 2. The Balaban J connectivity index is 1.16. The lowest BCUT2D eigenvalue weighted by atomic mass is 9.70. The summed E-state index contributed by atoms with van der Waals surface area (Å²) < 4.78 is 23.3. The highest BCUT2D eigenvalue weighted by molar-refractivity contribution is 7.97. The fraction of sp³-hybridized carbons (Fsp3) is 0.370. The van der Waals surface area contributed by atoms with Crippen molar-refractivity contribution in [3.63, 3.8) is 0 Å². The maximum Gasteiger partial charge on any atom is 0.123 e. The van der Waals surface area contributed by atoms with Gasteiger partial charge in [0.2, 0.25) is 0 Å². The van der Waals surface area contributed by atoms with E-state index in [0.717, 1.165) is 63.6 Å². The van der Waals surface area contributed by atoms with Gasteiger partial charge in [0.25, 0.3) is 0 Å². The van der Waals surface area contributed by atoms with Crippen molar-refractivity contribution in [3.8, 4) is 5.69 Å². The summed E-state index contributed by atoms with van der Waals surface area (Å²) in [6.07, 6.45) is 6.33. The molecule has 3 aliphatic rings. The molecule has 3 heterocycles. The van der Waals surface area contributed by atoms with Crippen LogP contribution in [0.3, 0.4) is 0 Å². The Morgan fingerprint density at radius 1 is 0.971 bits per heavy atom. The summed E-state index contributed by atoms with van der Waals surface area (Å²) in [6, 6.07) is 15.5. The zero-order valence-electron chi connectivity index (χ0n) is 19.4. The Bertz CT molecular complexity index is 1200. The number of piperidine rings is 1. The monoisotopic (exact) mass is 476 g/mol. The van der Waals surface area contributed by atoms with Crippen molar-refractivity contribution in [1.82, 2.24) is 14.1 Å². The molecule has 176 valence electrons. The summed E-state index contributed by atoms with van der Waals surface area (Å²) in [5.74, 6) is -0.226. The predicted molar refractivity (Wildman–Crippen MR) is 135 cm³/mol. The van der Waals surface area contributed by atoms with Crippen LogP contribution in [0.1, 0.15) is 24.6 Å². The van der Waals surface area contributed by atoms with E-state index in [1.165, 1.54) is 33.9 Å². The lowest BCUT2D eigenvalue weighted by Gasteiger charge is -2.44. The van der Waals surface area contributed by atoms with Gasteiger partial charge in [0, 0.05) is 42.2 Å². The Labute approximate surface area is 204 Å². The first-order valence-electron chi connectivity index (χ1n) is 12.0. The number of aromatic nitrogens is 2. The van der Waals surface area contributed by atoms with Gasteiger partial charge < -0.3 is 9.64 Å². The first kappa shape index (κ1) is 21.9. The van der Waals surface area contributed by atoms with E-state index in [4.69, 9.17) is 4.74 Å². The number of hydrogen-bond acceptors (Lipinski definition) is 5. The maximum absolute atomic E-state index is 13.4. The van der Waals surface area contributed by atoms with Gasteiger partial charge in [0.05, 0.1) is 30.8 Å².